The molecule has 1 aromatic heterocycles. The lowest BCUT2D eigenvalue weighted by atomic mass is 10.3. The maximum Gasteiger partial charge on any atom is 0.242 e. The SMILES string of the molecule is Nc1ccc(S(=O)(=O)NCCc2cnc[nH]2)c(Cl)c1. The third kappa shape index (κ3) is 3.46. The van der Waals surface area contributed by atoms with E-state index in [4.69, 9.17) is 17.3 Å². The molecule has 6 nitrogen and oxygen atoms in total. The predicted molar refractivity (Wildman–Crippen MR) is 73.3 cm³/mol. The summed E-state index contributed by atoms with van der Waals surface area (Å²) in [6, 6.07) is 4.29. The fourth-order valence-corrected chi connectivity index (χ4v) is 3.14. The number of imidazole rings is 1. The van der Waals surface area contributed by atoms with Gasteiger partial charge in [0, 0.05) is 30.5 Å². The molecule has 0 unspecified atom stereocenters. The average molecular weight is 301 g/mol. The van der Waals surface area contributed by atoms with Crippen molar-refractivity contribution in [1.29, 1.82) is 0 Å². The van der Waals surface area contributed by atoms with E-state index in [2.05, 4.69) is 14.7 Å². The average Bonchev–Trinajstić information content (AvgIpc) is 2.81. The van der Waals surface area contributed by atoms with Crippen LogP contribution in [0.3, 0.4) is 0 Å². The van der Waals surface area contributed by atoms with E-state index in [1.54, 1.807) is 12.5 Å². The van der Waals surface area contributed by atoms with E-state index in [1.165, 1.54) is 18.2 Å². The van der Waals surface area contributed by atoms with Gasteiger partial charge in [0.05, 0.1) is 11.3 Å². The van der Waals surface area contributed by atoms with Crippen molar-refractivity contribution in [3.05, 3.63) is 41.4 Å². The van der Waals surface area contributed by atoms with Crippen LogP contribution in [0.1, 0.15) is 5.69 Å². The Bertz CT molecular complexity index is 655. The molecule has 0 spiro atoms. The minimum Gasteiger partial charge on any atom is -0.399 e. The summed E-state index contributed by atoms with van der Waals surface area (Å²) in [6.07, 6.45) is 3.71. The Morgan fingerprint density at radius 1 is 1.42 bits per heavy atom. The molecule has 2 aromatic rings. The summed E-state index contributed by atoms with van der Waals surface area (Å²) >= 11 is 5.88. The zero-order valence-electron chi connectivity index (χ0n) is 9.93. The van der Waals surface area contributed by atoms with E-state index in [-0.39, 0.29) is 16.5 Å². The number of nitrogens with one attached hydrogen (secondary N) is 2. The number of aromatic amines is 1. The lowest BCUT2D eigenvalue weighted by molar-refractivity contribution is 0.581. The van der Waals surface area contributed by atoms with Crippen LogP contribution in [0, 0.1) is 0 Å². The van der Waals surface area contributed by atoms with Crippen molar-refractivity contribution >= 4 is 27.3 Å². The molecular weight excluding hydrogens is 288 g/mol. The van der Waals surface area contributed by atoms with E-state index in [0.29, 0.717) is 12.1 Å². The lowest BCUT2D eigenvalue weighted by Gasteiger charge is -2.08. The van der Waals surface area contributed by atoms with Gasteiger partial charge in [-0.1, -0.05) is 11.6 Å². The zero-order valence-corrected chi connectivity index (χ0v) is 11.5. The van der Waals surface area contributed by atoms with Crippen LogP contribution in [0.4, 0.5) is 5.69 Å². The van der Waals surface area contributed by atoms with E-state index < -0.39 is 10.0 Å². The molecule has 0 saturated carbocycles. The summed E-state index contributed by atoms with van der Waals surface area (Å²) in [5.41, 5.74) is 6.80. The molecule has 0 aliphatic heterocycles. The van der Waals surface area contributed by atoms with Crippen molar-refractivity contribution in [1.82, 2.24) is 14.7 Å². The molecule has 2 rings (SSSR count). The highest BCUT2D eigenvalue weighted by Gasteiger charge is 2.17. The summed E-state index contributed by atoms with van der Waals surface area (Å²) in [6.45, 7) is 0.255. The molecular formula is C11H13ClN4O2S. The van der Waals surface area contributed by atoms with Gasteiger partial charge in [0.1, 0.15) is 4.90 Å². The van der Waals surface area contributed by atoms with Crippen LogP contribution < -0.4 is 10.5 Å². The summed E-state index contributed by atoms with van der Waals surface area (Å²) in [4.78, 5) is 6.77. The van der Waals surface area contributed by atoms with Crippen LogP contribution in [0.15, 0.2) is 35.6 Å². The van der Waals surface area contributed by atoms with Gasteiger partial charge in [-0.25, -0.2) is 18.1 Å². The van der Waals surface area contributed by atoms with E-state index >= 15 is 0 Å². The van der Waals surface area contributed by atoms with Crippen molar-refractivity contribution in [3.8, 4) is 0 Å². The van der Waals surface area contributed by atoms with Gasteiger partial charge in [0.15, 0.2) is 0 Å². The Balaban J connectivity index is 2.05. The second kappa shape index (κ2) is 5.60. The first-order valence-electron chi connectivity index (χ1n) is 5.51. The van der Waals surface area contributed by atoms with Crippen molar-refractivity contribution in [2.75, 3.05) is 12.3 Å². The molecule has 102 valence electrons. The van der Waals surface area contributed by atoms with Gasteiger partial charge >= 0.3 is 0 Å². The number of hydrogen-bond acceptors (Lipinski definition) is 4. The molecule has 0 fully saturated rings. The zero-order chi connectivity index (χ0) is 13.9. The van der Waals surface area contributed by atoms with Crippen LogP contribution in [0.25, 0.3) is 0 Å². The molecule has 1 aromatic carbocycles. The van der Waals surface area contributed by atoms with E-state index in [1.807, 2.05) is 0 Å². The molecule has 0 bridgehead atoms. The molecule has 0 aliphatic carbocycles. The predicted octanol–water partition coefficient (Wildman–Crippen LogP) is 1.17. The minimum atomic E-state index is -3.63. The second-order valence-corrected chi connectivity index (χ2v) is 6.06. The highest BCUT2D eigenvalue weighted by Crippen LogP contribution is 2.23. The summed E-state index contributed by atoms with van der Waals surface area (Å²) in [5.74, 6) is 0. The Morgan fingerprint density at radius 2 is 2.21 bits per heavy atom. The number of halogens is 1. The van der Waals surface area contributed by atoms with Gasteiger partial charge in [-0.15, -0.1) is 0 Å². The molecule has 0 radical (unpaired) electrons. The number of nitrogen functional groups attached to an aromatic ring is 1. The monoisotopic (exact) mass is 300 g/mol. The van der Waals surface area contributed by atoms with Crippen molar-refractivity contribution < 1.29 is 8.42 Å². The Kier molecular flexibility index (Phi) is 4.08. The first-order chi connectivity index (χ1) is 8.99. The number of nitrogens with two attached hydrogens (primary N) is 1. The molecule has 0 aliphatic rings. The van der Waals surface area contributed by atoms with Crippen LogP contribution in [0.5, 0.6) is 0 Å². The number of anilines is 1. The van der Waals surface area contributed by atoms with Crippen LogP contribution >= 0.6 is 11.6 Å². The summed E-state index contributed by atoms with van der Waals surface area (Å²) in [7, 11) is -3.63. The lowest BCUT2D eigenvalue weighted by Crippen LogP contribution is -2.26. The number of rotatable bonds is 5. The second-order valence-electron chi connectivity index (χ2n) is 3.91. The molecule has 8 heteroatoms. The van der Waals surface area contributed by atoms with Gasteiger partial charge in [-0.05, 0) is 18.2 Å². The maximum absolute atomic E-state index is 12.0. The van der Waals surface area contributed by atoms with Gasteiger partial charge in [0.25, 0.3) is 0 Å². The highest BCUT2D eigenvalue weighted by atomic mass is 35.5. The summed E-state index contributed by atoms with van der Waals surface area (Å²) < 4.78 is 26.5. The van der Waals surface area contributed by atoms with Gasteiger partial charge in [0.2, 0.25) is 10.0 Å². The standard InChI is InChI=1S/C11H13ClN4O2S/c12-10-5-8(13)1-2-11(10)19(17,18)16-4-3-9-6-14-7-15-9/h1-2,5-7,16H,3-4,13H2,(H,14,15). The fraction of sp³-hybridized carbons (Fsp3) is 0.182. The quantitative estimate of drug-likeness (QED) is 0.721. The Labute approximate surface area is 116 Å². The number of sulfonamides is 1. The normalized spacial score (nSPS) is 11.6. The topological polar surface area (TPSA) is 101 Å². The molecule has 0 atom stereocenters. The molecule has 1 heterocycles. The van der Waals surface area contributed by atoms with E-state index in [0.717, 1.165) is 5.69 Å². The third-order valence-electron chi connectivity index (χ3n) is 2.49. The number of H-pyrrole nitrogens is 1. The number of aromatic nitrogens is 2. The van der Waals surface area contributed by atoms with Gasteiger partial charge < -0.3 is 10.7 Å². The number of benzene rings is 1. The van der Waals surface area contributed by atoms with Gasteiger partial charge in [-0.3, -0.25) is 0 Å². The smallest absolute Gasteiger partial charge is 0.242 e. The van der Waals surface area contributed by atoms with Crippen molar-refractivity contribution in [2.45, 2.75) is 11.3 Å². The Morgan fingerprint density at radius 3 is 2.84 bits per heavy atom. The maximum atomic E-state index is 12.0. The third-order valence-corrected chi connectivity index (χ3v) is 4.43. The van der Waals surface area contributed by atoms with Gasteiger partial charge in [-0.2, -0.15) is 0 Å². The minimum absolute atomic E-state index is 0.0213. The first-order valence-corrected chi connectivity index (χ1v) is 7.37. The molecule has 0 saturated heterocycles. The van der Waals surface area contributed by atoms with Crippen molar-refractivity contribution in [3.63, 3.8) is 0 Å². The van der Waals surface area contributed by atoms with Crippen molar-refractivity contribution in [2.24, 2.45) is 0 Å². The molecule has 0 amide bonds. The van der Waals surface area contributed by atoms with E-state index in [9.17, 15) is 8.42 Å². The van der Waals surface area contributed by atoms with Crippen LogP contribution in [-0.2, 0) is 16.4 Å². The molecule has 4 N–H and O–H groups in total. The van der Waals surface area contributed by atoms with Crippen LogP contribution in [0.2, 0.25) is 5.02 Å². The summed E-state index contributed by atoms with van der Waals surface area (Å²) in [5, 5.41) is 0.106. The highest BCUT2D eigenvalue weighted by molar-refractivity contribution is 7.89. The Hall–Kier alpha value is -1.57. The number of hydrogen-bond donors (Lipinski definition) is 3. The number of nitrogens with zero attached hydrogens (tertiary/aromatic N) is 1. The van der Waals surface area contributed by atoms with Crippen LogP contribution in [-0.4, -0.2) is 24.9 Å². The fourth-order valence-electron chi connectivity index (χ4n) is 1.55. The first kappa shape index (κ1) is 13.9. The molecule has 19 heavy (non-hydrogen) atoms. The largest absolute Gasteiger partial charge is 0.399 e.